The molecule has 0 aliphatic heterocycles. The molecule has 1 aliphatic carbocycles. The van der Waals surface area contributed by atoms with Gasteiger partial charge in [0.2, 0.25) is 0 Å². The summed E-state index contributed by atoms with van der Waals surface area (Å²) in [6.07, 6.45) is 6.09. The molecule has 0 unspecified atom stereocenters. The molecule has 1 heterocycles. The fourth-order valence-electron chi connectivity index (χ4n) is 2.58. The van der Waals surface area contributed by atoms with Crippen molar-refractivity contribution in [3.8, 4) is 0 Å². The van der Waals surface area contributed by atoms with Crippen LogP contribution in [0.25, 0.3) is 0 Å². The monoisotopic (exact) mass is 252 g/mol. The lowest BCUT2D eigenvalue weighted by atomic mass is 9.94. The average Bonchev–Trinajstić information content (AvgIpc) is 2.77. The van der Waals surface area contributed by atoms with Gasteiger partial charge in [0, 0.05) is 12.6 Å². The molecule has 2 rings (SSSR count). The third-order valence-corrected chi connectivity index (χ3v) is 4.43. The highest BCUT2D eigenvalue weighted by molar-refractivity contribution is 7.12. The molecule has 1 aromatic rings. The van der Waals surface area contributed by atoms with Crippen molar-refractivity contribution in [1.29, 1.82) is 0 Å². The fraction of sp³-hybridized carbons (Fsp3) is 0.615. The van der Waals surface area contributed by atoms with Crippen molar-refractivity contribution in [3.05, 3.63) is 16.3 Å². The van der Waals surface area contributed by atoms with Crippen LogP contribution in [0, 0.1) is 0 Å². The number of carbonyl (C=O) groups is 1. The van der Waals surface area contributed by atoms with Gasteiger partial charge in [-0.2, -0.15) is 0 Å². The maximum Gasteiger partial charge on any atom is 0.266 e. The van der Waals surface area contributed by atoms with Gasteiger partial charge in [0.05, 0.1) is 5.69 Å². The Morgan fingerprint density at radius 3 is 2.71 bits per heavy atom. The number of nitrogens with two attached hydrogens (primary N) is 1. The second-order valence-electron chi connectivity index (χ2n) is 4.59. The van der Waals surface area contributed by atoms with Crippen LogP contribution in [0.4, 0.5) is 5.69 Å². The summed E-state index contributed by atoms with van der Waals surface area (Å²) in [7, 11) is 0. The Hall–Kier alpha value is -1.03. The zero-order chi connectivity index (χ0) is 12.3. The van der Waals surface area contributed by atoms with Gasteiger partial charge in [-0.15, -0.1) is 11.3 Å². The van der Waals surface area contributed by atoms with Crippen LogP contribution in [0.3, 0.4) is 0 Å². The lowest BCUT2D eigenvalue weighted by molar-refractivity contribution is 0.0654. The molecular formula is C13H20N2OS. The second-order valence-corrected chi connectivity index (χ2v) is 5.50. The molecule has 4 heteroatoms. The number of rotatable bonds is 3. The Labute approximate surface area is 107 Å². The van der Waals surface area contributed by atoms with E-state index in [0.717, 1.165) is 19.4 Å². The summed E-state index contributed by atoms with van der Waals surface area (Å²) < 4.78 is 0. The first-order valence-corrected chi connectivity index (χ1v) is 7.26. The highest BCUT2D eigenvalue weighted by atomic mass is 32.1. The van der Waals surface area contributed by atoms with Crippen LogP contribution in [-0.2, 0) is 0 Å². The zero-order valence-corrected chi connectivity index (χ0v) is 11.1. The summed E-state index contributed by atoms with van der Waals surface area (Å²) >= 11 is 1.45. The van der Waals surface area contributed by atoms with Crippen molar-refractivity contribution in [2.24, 2.45) is 0 Å². The van der Waals surface area contributed by atoms with Crippen molar-refractivity contribution in [2.75, 3.05) is 12.3 Å². The normalized spacial score (nSPS) is 17.0. The van der Waals surface area contributed by atoms with E-state index in [1.807, 2.05) is 16.3 Å². The van der Waals surface area contributed by atoms with Crippen molar-refractivity contribution in [1.82, 2.24) is 4.90 Å². The zero-order valence-electron chi connectivity index (χ0n) is 10.3. The molecule has 94 valence electrons. The highest BCUT2D eigenvalue weighted by Gasteiger charge is 2.26. The summed E-state index contributed by atoms with van der Waals surface area (Å²) in [5.41, 5.74) is 6.45. The molecule has 0 bridgehead atoms. The van der Waals surface area contributed by atoms with Gasteiger partial charge in [0.15, 0.2) is 0 Å². The lowest BCUT2D eigenvalue weighted by Crippen LogP contribution is -2.41. The molecule has 0 aromatic carbocycles. The van der Waals surface area contributed by atoms with Crippen LogP contribution in [0.5, 0.6) is 0 Å². The van der Waals surface area contributed by atoms with Crippen LogP contribution in [0.2, 0.25) is 0 Å². The summed E-state index contributed by atoms with van der Waals surface area (Å²) in [6.45, 7) is 2.83. The summed E-state index contributed by atoms with van der Waals surface area (Å²) in [4.78, 5) is 15.1. The van der Waals surface area contributed by atoms with Gasteiger partial charge in [-0.05, 0) is 31.2 Å². The van der Waals surface area contributed by atoms with E-state index in [2.05, 4.69) is 6.92 Å². The second kappa shape index (κ2) is 5.54. The van der Waals surface area contributed by atoms with E-state index in [-0.39, 0.29) is 5.91 Å². The molecule has 1 amide bonds. The van der Waals surface area contributed by atoms with Crippen LogP contribution in [0.1, 0.15) is 48.7 Å². The molecule has 2 N–H and O–H groups in total. The fourth-order valence-corrected chi connectivity index (χ4v) is 3.36. The summed E-state index contributed by atoms with van der Waals surface area (Å²) in [5, 5.41) is 1.89. The number of carbonyl (C=O) groups excluding carboxylic acids is 1. The van der Waals surface area contributed by atoms with E-state index in [9.17, 15) is 4.79 Å². The Morgan fingerprint density at radius 1 is 1.47 bits per heavy atom. The van der Waals surface area contributed by atoms with Crippen LogP contribution >= 0.6 is 11.3 Å². The molecule has 0 radical (unpaired) electrons. The molecule has 1 saturated carbocycles. The van der Waals surface area contributed by atoms with E-state index in [1.54, 1.807) is 0 Å². The SMILES string of the molecule is CCN(C(=O)c1sccc1N)C1CCCCC1. The van der Waals surface area contributed by atoms with E-state index in [4.69, 9.17) is 5.73 Å². The first-order chi connectivity index (χ1) is 8.24. The van der Waals surface area contributed by atoms with Crippen molar-refractivity contribution in [2.45, 2.75) is 45.1 Å². The number of anilines is 1. The molecule has 3 nitrogen and oxygen atoms in total. The van der Waals surface area contributed by atoms with Crippen LogP contribution < -0.4 is 5.73 Å². The lowest BCUT2D eigenvalue weighted by Gasteiger charge is -2.33. The number of nitrogens with zero attached hydrogens (tertiary/aromatic N) is 1. The van der Waals surface area contributed by atoms with Gasteiger partial charge < -0.3 is 10.6 Å². The smallest absolute Gasteiger partial charge is 0.266 e. The van der Waals surface area contributed by atoms with Gasteiger partial charge in [0.1, 0.15) is 4.88 Å². The predicted octanol–water partition coefficient (Wildman–Crippen LogP) is 3.13. The number of hydrogen-bond acceptors (Lipinski definition) is 3. The Bertz CT molecular complexity index is 383. The minimum Gasteiger partial charge on any atom is -0.397 e. The van der Waals surface area contributed by atoms with Crippen molar-refractivity contribution >= 4 is 22.9 Å². The molecule has 0 atom stereocenters. The molecule has 1 aromatic heterocycles. The molecule has 1 fully saturated rings. The average molecular weight is 252 g/mol. The summed E-state index contributed by atoms with van der Waals surface area (Å²) in [6, 6.07) is 2.23. The third kappa shape index (κ3) is 2.63. The largest absolute Gasteiger partial charge is 0.397 e. The van der Waals surface area contributed by atoms with Crippen molar-refractivity contribution in [3.63, 3.8) is 0 Å². The Balaban J connectivity index is 2.12. The Morgan fingerprint density at radius 2 is 2.18 bits per heavy atom. The number of nitrogen functional groups attached to an aromatic ring is 1. The van der Waals surface area contributed by atoms with Gasteiger partial charge >= 0.3 is 0 Å². The third-order valence-electron chi connectivity index (χ3n) is 3.51. The van der Waals surface area contributed by atoms with Gasteiger partial charge in [-0.1, -0.05) is 19.3 Å². The van der Waals surface area contributed by atoms with Gasteiger partial charge in [-0.25, -0.2) is 0 Å². The first-order valence-electron chi connectivity index (χ1n) is 6.38. The molecule has 17 heavy (non-hydrogen) atoms. The number of amides is 1. The van der Waals surface area contributed by atoms with E-state index in [0.29, 0.717) is 16.6 Å². The van der Waals surface area contributed by atoms with Gasteiger partial charge in [0.25, 0.3) is 5.91 Å². The Kier molecular flexibility index (Phi) is 4.05. The van der Waals surface area contributed by atoms with E-state index < -0.39 is 0 Å². The van der Waals surface area contributed by atoms with E-state index in [1.165, 1.54) is 30.6 Å². The van der Waals surface area contributed by atoms with Crippen molar-refractivity contribution < 1.29 is 4.79 Å². The minimum atomic E-state index is 0.118. The predicted molar refractivity (Wildman–Crippen MR) is 72.3 cm³/mol. The van der Waals surface area contributed by atoms with Gasteiger partial charge in [-0.3, -0.25) is 4.79 Å². The molecular weight excluding hydrogens is 232 g/mol. The topological polar surface area (TPSA) is 46.3 Å². The maximum atomic E-state index is 12.4. The van der Waals surface area contributed by atoms with E-state index >= 15 is 0 Å². The summed E-state index contributed by atoms with van der Waals surface area (Å²) in [5.74, 6) is 0.118. The van der Waals surface area contributed by atoms with Crippen LogP contribution in [-0.4, -0.2) is 23.4 Å². The number of hydrogen-bond donors (Lipinski definition) is 1. The first kappa shape index (κ1) is 12.4. The quantitative estimate of drug-likeness (QED) is 0.898. The highest BCUT2D eigenvalue weighted by Crippen LogP contribution is 2.27. The minimum absolute atomic E-state index is 0.118. The number of thiophene rings is 1. The van der Waals surface area contributed by atoms with Crippen LogP contribution in [0.15, 0.2) is 11.4 Å². The maximum absolute atomic E-state index is 12.4. The molecule has 0 saturated heterocycles. The molecule has 0 spiro atoms. The standard InChI is InChI=1S/C13H20N2OS/c1-2-15(10-6-4-3-5-7-10)13(16)12-11(14)8-9-17-12/h8-10H,2-7,14H2,1H3. The molecule has 1 aliphatic rings.